The summed E-state index contributed by atoms with van der Waals surface area (Å²) in [5.41, 5.74) is 1.76. The number of thiazole rings is 1. The number of nitrogens with one attached hydrogen (secondary N) is 2. The van der Waals surface area contributed by atoms with E-state index in [0.717, 1.165) is 25.9 Å². The Morgan fingerprint density at radius 1 is 1.00 bits per heavy atom. The maximum atomic E-state index is 13.2. The number of anilines is 1. The number of carbonyl (C=O) groups excluding carboxylic acids is 2. The van der Waals surface area contributed by atoms with Crippen LogP contribution in [0.5, 0.6) is 0 Å². The highest BCUT2D eigenvalue weighted by atomic mass is 32.2. The van der Waals surface area contributed by atoms with Gasteiger partial charge in [0.15, 0.2) is 5.13 Å². The van der Waals surface area contributed by atoms with Gasteiger partial charge < -0.3 is 10.6 Å². The summed E-state index contributed by atoms with van der Waals surface area (Å²) in [4.78, 5) is 32.0. The van der Waals surface area contributed by atoms with Crippen molar-refractivity contribution in [2.24, 2.45) is 0 Å². The van der Waals surface area contributed by atoms with Gasteiger partial charge >= 0.3 is 0 Å². The molecule has 2 amide bonds. The fourth-order valence-electron chi connectivity index (χ4n) is 2.97. The summed E-state index contributed by atoms with van der Waals surface area (Å²) in [5.74, 6) is -0.163. The summed E-state index contributed by atoms with van der Waals surface area (Å²) in [5, 5.41) is 7.90. The molecule has 2 aromatic carbocycles. The van der Waals surface area contributed by atoms with Gasteiger partial charge in [0, 0.05) is 22.1 Å². The first-order valence-corrected chi connectivity index (χ1v) is 12.5. The summed E-state index contributed by atoms with van der Waals surface area (Å²) in [6.07, 6.45) is 0. The lowest BCUT2D eigenvalue weighted by Gasteiger charge is -2.16. The highest BCUT2D eigenvalue weighted by Gasteiger charge is 2.23. The third-order valence-corrected chi connectivity index (χ3v) is 7.63. The number of rotatable bonds is 8. The predicted octanol–water partition coefficient (Wildman–Crippen LogP) is 5.98. The topological polar surface area (TPSA) is 71.1 Å². The molecule has 2 aromatic heterocycles. The number of hydrogen-bond acceptors (Lipinski definition) is 6. The Hall–Kier alpha value is -2.94. The number of hydrogen-bond donors (Lipinski definition) is 2. The van der Waals surface area contributed by atoms with Crippen LogP contribution in [0.4, 0.5) is 5.13 Å². The molecule has 5 nitrogen and oxygen atoms in total. The van der Waals surface area contributed by atoms with Crippen molar-refractivity contribution < 1.29 is 9.59 Å². The van der Waals surface area contributed by atoms with Crippen LogP contribution in [-0.2, 0) is 16.1 Å². The van der Waals surface area contributed by atoms with Crippen LogP contribution in [0.25, 0.3) is 10.6 Å². The molecule has 0 saturated heterocycles. The first-order valence-electron chi connectivity index (χ1n) is 9.95. The predicted molar refractivity (Wildman–Crippen MR) is 133 cm³/mol. The molecule has 0 unspecified atom stereocenters. The molecule has 32 heavy (non-hydrogen) atoms. The smallest absolute Gasteiger partial charge is 0.244 e. The normalized spacial score (nSPS) is 11.7. The molecule has 0 aliphatic heterocycles. The van der Waals surface area contributed by atoms with E-state index in [-0.39, 0.29) is 11.8 Å². The molecule has 0 aliphatic rings. The summed E-state index contributed by atoms with van der Waals surface area (Å²) in [6.45, 7) is 2.01. The lowest BCUT2D eigenvalue weighted by Crippen LogP contribution is -2.18. The molecule has 2 heterocycles. The van der Waals surface area contributed by atoms with Crippen molar-refractivity contribution in [1.82, 2.24) is 10.3 Å². The molecule has 162 valence electrons. The van der Waals surface area contributed by atoms with Crippen LogP contribution in [-0.4, -0.2) is 16.8 Å². The van der Waals surface area contributed by atoms with Gasteiger partial charge in [0.05, 0.1) is 17.1 Å². The largest absolute Gasteiger partial charge is 0.351 e. The molecular formula is C24H21N3O2S3. The van der Waals surface area contributed by atoms with E-state index >= 15 is 0 Å². The van der Waals surface area contributed by atoms with Gasteiger partial charge in [0.2, 0.25) is 11.8 Å². The van der Waals surface area contributed by atoms with Gasteiger partial charge in [-0.2, -0.15) is 0 Å². The van der Waals surface area contributed by atoms with Crippen LogP contribution in [0, 0.1) is 0 Å². The Bertz CT molecular complexity index is 1190. The first kappa shape index (κ1) is 22.3. The highest BCUT2D eigenvalue weighted by molar-refractivity contribution is 8.00. The molecule has 0 spiro atoms. The number of carbonyl (C=O) groups is 2. The fraction of sp³-hybridized carbons (Fsp3) is 0.125. The zero-order valence-electron chi connectivity index (χ0n) is 17.3. The van der Waals surface area contributed by atoms with E-state index in [0.29, 0.717) is 11.7 Å². The summed E-state index contributed by atoms with van der Waals surface area (Å²) >= 11 is 4.50. The van der Waals surface area contributed by atoms with Crippen molar-refractivity contribution in [2.75, 3.05) is 5.32 Å². The van der Waals surface area contributed by atoms with Crippen molar-refractivity contribution in [3.8, 4) is 10.6 Å². The van der Waals surface area contributed by atoms with E-state index in [4.69, 9.17) is 0 Å². The molecule has 0 radical (unpaired) electrons. The van der Waals surface area contributed by atoms with E-state index in [1.54, 1.807) is 11.3 Å². The van der Waals surface area contributed by atoms with Crippen LogP contribution >= 0.6 is 34.4 Å². The van der Waals surface area contributed by atoms with Crippen LogP contribution in [0.3, 0.4) is 0 Å². The number of benzene rings is 2. The zero-order chi connectivity index (χ0) is 22.3. The van der Waals surface area contributed by atoms with Gasteiger partial charge in [-0.3, -0.25) is 9.59 Å². The Balaban J connectivity index is 1.48. The highest BCUT2D eigenvalue weighted by Crippen LogP contribution is 2.37. The van der Waals surface area contributed by atoms with Crippen molar-refractivity contribution >= 4 is 51.4 Å². The SMILES string of the molecule is CC(=O)NCc1ccc(-c2csc(NC(=O)[C@H](Sc3ccccc3)c3ccccc3)n2)s1. The third-order valence-electron chi connectivity index (χ3n) is 4.50. The van der Waals surface area contributed by atoms with Crippen LogP contribution in [0.15, 0.2) is 83.1 Å². The van der Waals surface area contributed by atoms with E-state index in [2.05, 4.69) is 15.6 Å². The fourth-order valence-corrected chi connectivity index (χ4v) is 5.72. The van der Waals surface area contributed by atoms with Crippen LogP contribution in [0.2, 0.25) is 0 Å². The lowest BCUT2D eigenvalue weighted by molar-refractivity contribution is -0.119. The Morgan fingerprint density at radius 3 is 2.44 bits per heavy atom. The maximum absolute atomic E-state index is 13.2. The van der Waals surface area contributed by atoms with Crippen molar-refractivity contribution in [2.45, 2.75) is 23.6 Å². The molecule has 8 heteroatoms. The minimum absolute atomic E-state index is 0.0556. The quantitative estimate of drug-likeness (QED) is 0.305. The molecule has 0 aliphatic carbocycles. The molecule has 4 rings (SSSR count). The maximum Gasteiger partial charge on any atom is 0.244 e. The average Bonchev–Trinajstić information content (AvgIpc) is 3.47. The van der Waals surface area contributed by atoms with Gasteiger partial charge in [0.25, 0.3) is 0 Å². The second-order valence-corrected chi connectivity index (χ2v) is 10.1. The minimum Gasteiger partial charge on any atom is -0.351 e. The first-order chi connectivity index (χ1) is 15.6. The van der Waals surface area contributed by atoms with E-state index < -0.39 is 5.25 Å². The second-order valence-electron chi connectivity index (χ2n) is 6.92. The summed E-state index contributed by atoms with van der Waals surface area (Å²) in [6, 6.07) is 23.6. The molecule has 4 aromatic rings. The number of thioether (sulfide) groups is 1. The molecular weight excluding hydrogens is 458 g/mol. The van der Waals surface area contributed by atoms with Gasteiger partial charge in [-0.05, 0) is 29.8 Å². The van der Waals surface area contributed by atoms with Crippen molar-refractivity contribution in [1.29, 1.82) is 0 Å². The number of nitrogens with zero attached hydrogens (tertiary/aromatic N) is 1. The Labute approximate surface area is 198 Å². The monoisotopic (exact) mass is 479 g/mol. The Kier molecular flexibility index (Phi) is 7.36. The van der Waals surface area contributed by atoms with Gasteiger partial charge in [-0.15, -0.1) is 34.4 Å². The summed E-state index contributed by atoms with van der Waals surface area (Å²) in [7, 11) is 0. The molecule has 2 N–H and O–H groups in total. The molecule has 0 saturated carbocycles. The number of amides is 2. The molecule has 0 fully saturated rings. The summed E-state index contributed by atoms with van der Waals surface area (Å²) < 4.78 is 0. The van der Waals surface area contributed by atoms with Gasteiger partial charge in [-0.1, -0.05) is 48.5 Å². The van der Waals surface area contributed by atoms with E-state index in [1.165, 1.54) is 30.0 Å². The van der Waals surface area contributed by atoms with Crippen molar-refractivity contribution in [3.63, 3.8) is 0 Å². The van der Waals surface area contributed by atoms with Crippen molar-refractivity contribution in [3.05, 3.63) is 88.6 Å². The number of aromatic nitrogens is 1. The third kappa shape index (κ3) is 5.85. The van der Waals surface area contributed by atoms with E-state index in [1.807, 2.05) is 78.2 Å². The van der Waals surface area contributed by atoms with E-state index in [9.17, 15) is 9.59 Å². The molecule has 1 atom stereocenters. The number of thiophene rings is 1. The van der Waals surface area contributed by atoms with Gasteiger partial charge in [0.1, 0.15) is 5.25 Å². The standard InChI is InChI=1S/C24H21N3O2S3/c1-16(28)25-14-19-12-13-21(31-19)20-15-30-24(26-20)27-23(29)22(17-8-4-2-5-9-17)32-18-10-6-3-7-11-18/h2-13,15,22H,14H2,1H3,(H,25,28)(H,26,27,29)/t22-/m1/s1. The van der Waals surface area contributed by atoms with Gasteiger partial charge in [-0.25, -0.2) is 4.98 Å². The lowest BCUT2D eigenvalue weighted by atomic mass is 10.1. The molecule has 0 bridgehead atoms. The minimum atomic E-state index is -0.392. The average molecular weight is 480 g/mol. The second kappa shape index (κ2) is 10.6. The zero-order valence-corrected chi connectivity index (χ0v) is 19.7. The Morgan fingerprint density at radius 2 is 1.72 bits per heavy atom. The van der Waals surface area contributed by atoms with Crippen LogP contribution < -0.4 is 10.6 Å². The van der Waals surface area contributed by atoms with Crippen LogP contribution in [0.1, 0.15) is 22.6 Å².